The van der Waals surface area contributed by atoms with Crippen molar-refractivity contribution in [1.82, 2.24) is 10.6 Å². The number of amides is 2. The average Bonchev–Trinajstić information content (AvgIpc) is 2.32. The number of carbonyl (C=O) groups is 3. The number of esters is 1. The molecule has 0 aliphatic carbocycles. The second-order valence-electron chi connectivity index (χ2n) is 4.92. The smallest absolute Gasteiger partial charge is 0.326 e. The van der Waals surface area contributed by atoms with Gasteiger partial charge >= 0.3 is 18.0 Å². The molecule has 0 bridgehead atoms. The number of carboxylic acids is 1. The molecule has 8 nitrogen and oxygen atoms in total. The van der Waals surface area contributed by atoms with Crippen LogP contribution in [0.2, 0.25) is 0 Å². The number of hydrogen-bond donors (Lipinski definition) is 3. The van der Waals surface area contributed by atoms with Crippen LogP contribution >= 0.6 is 0 Å². The van der Waals surface area contributed by atoms with Crippen LogP contribution in [0.1, 0.15) is 26.7 Å². The number of ether oxygens (including phenoxy) is 2. The fourth-order valence-electron chi connectivity index (χ4n) is 1.52. The molecule has 0 saturated heterocycles. The van der Waals surface area contributed by atoms with Gasteiger partial charge in [-0.15, -0.1) is 0 Å². The largest absolute Gasteiger partial charge is 0.480 e. The highest BCUT2D eigenvalue weighted by Gasteiger charge is 2.25. The van der Waals surface area contributed by atoms with Gasteiger partial charge in [0, 0.05) is 13.5 Å². The Hall–Kier alpha value is -1.83. The summed E-state index contributed by atoms with van der Waals surface area (Å²) in [5, 5.41) is 13.9. The Kier molecular flexibility index (Phi) is 7.60. The third kappa shape index (κ3) is 7.57. The molecule has 0 rings (SSSR count). The van der Waals surface area contributed by atoms with Crippen LogP contribution in [0.3, 0.4) is 0 Å². The Bertz CT molecular complexity index is 356. The molecule has 0 spiro atoms. The third-order valence-corrected chi connectivity index (χ3v) is 2.43. The Morgan fingerprint density at radius 2 is 1.85 bits per heavy atom. The van der Waals surface area contributed by atoms with Crippen LogP contribution in [-0.2, 0) is 19.1 Å². The highest BCUT2D eigenvalue weighted by atomic mass is 16.5. The topological polar surface area (TPSA) is 114 Å². The van der Waals surface area contributed by atoms with Crippen LogP contribution in [0.4, 0.5) is 4.79 Å². The van der Waals surface area contributed by atoms with Crippen molar-refractivity contribution in [2.75, 3.05) is 20.8 Å². The number of hydrogen-bond acceptors (Lipinski definition) is 5. The summed E-state index contributed by atoms with van der Waals surface area (Å²) in [5.41, 5.74) is -0.635. The normalized spacial score (nSPS) is 12.4. The maximum atomic E-state index is 11.7. The maximum Gasteiger partial charge on any atom is 0.326 e. The average molecular weight is 290 g/mol. The zero-order valence-electron chi connectivity index (χ0n) is 12.2. The van der Waals surface area contributed by atoms with Crippen molar-refractivity contribution >= 4 is 18.0 Å². The quantitative estimate of drug-likeness (QED) is 0.547. The molecule has 0 heterocycles. The van der Waals surface area contributed by atoms with E-state index < -0.39 is 29.6 Å². The molecule has 1 atom stereocenters. The molecule has 0 aliphatic rings. The van der Waals surface area contributed by atoms with E-state index in [1.54, 1.807) is 13.8 Å². The molecular weight excluding hydrogens is 268 g/mol. The summed E-state index contributed by atoms with van der Waals surface area (Å²) in [4.78, 5) is 33.7. The van der Waals surface area contributed by atoms with E-state index in [0.29, 0.717) is 0 Å². The van der Waals surface area contributed by atoms with E-state index >= 15 is 0 Å². The van der Waals surface area contributed by atoms with Crippen molar-refractivity contribution in [3.05, 3.63) is 0 Å². The van der Waals surface area contributed by atoms with Gasteiger partial charge in [-0.1, -0.05) is 0 Å². The van der Waals surface area contributed by atoms with Gasteiger partial charge < -0.3 is 25.2 Å². The standard InChI is InChI=1S/C12H22N2O6/c1-12(2,7-19-3)14-11(18)13-8(10(16)17)5-6-9(15)20-4/h8H,5-7H2,1-4H3,(H,16,17)(H2,13,14,18)/t8-/m0/s1. The molecule has 8 heteroatoms. The van der Waals surface area contributed by atoms with Crippen LogP contribution in [0.5, 0.6) is 0 Å². The first-order valence-corrected chi connectivity index (χ1v) is 6.09. The van der Waals surface area contributed by atoms with Crippen LogP contribution in [0.15, 0.2) is 0 Å². The Morgan fingerprint density at radius 1 is 1.25 bits per heavy atom. The molecule has 0 aromatic rings. The molecule has 0 aromatic heterocycles. The first-order valence-electron chi connectivity index (χ1n) is 6.09. The molecule has 0 unspecified atom stereocenters. The van der Waals surface area contributed by atoms with E-state index in [0.717, 1.165) is 0 Å². The number of nitrogens with one attached hydrogen (secondary N) is 2. The fraction of sp³-hybridized carbons (Fsp3) is 0.750. The minimum Gasteiger partial charge on any atom is -0.480 e. The second-order valence-corrected chi connectivity index (χ2v) is 4.92. The molecule has 3 N–H and O–H groups in total. The van der Waals surface area contributed by atoms with Crippen LogP contribution in [-0.4, -0.2) is 55.5 Å². The number of carboxylic acid groups (broad SMARTS) is 1. The zero-order valence-corrected chi connectivity index (χ0v) is 12.2. The summed E-state index contributed by atoms with van der Waals surface area (Å²) in [6, 6.07) is -1.79. The van der Waals surface area contributed by atoms with Crippen LogP contribution in [0, 0.1) is 0 Å². The number of urea groups is 1. The highest BCUT2D eigenvalue weighted by Crippen LogP contribution is 2.03. The van der Waals surface area contributed by atoms with Crippen molar-refractivity contribution in [1.29, 1.82) is 0 Å². The van der Waals surface area contributed by atoms with Crippen LogP contribution in [0.25, 0.3) is 0 Å². The lowest BCUT2D eigenvalue weighted by Crippen LogP contribution is -2.54. The van der Waals surface area contributed by atoms with E-state index in [9.17, 15) is 14.4 Å². The van der Waals surface area contributed by atoms with Gasteiger partial charge in [0.1, 0.15) is 6.04 Å². The molecule has 0 saturated carbocycles. The predicted octanol–water partition coefficient (Wildman–Crippen LogP) is 0.117. The molecule has 0 radical (unpaired) electrons. The molecular formula is C12H22N2O6. The number of methoxy groups -OCH3 is 2. The predicted molar refractivity (Wildman–Crippen MR) is 70.3 cm³/mol. The summed E-state index contributed by atoms with van der Waals surface area (Å²) >= 11 is 0. The van der Waals surface area contributed by atoms with Gasteiger partial charge in [-0.3, -0.25) is 4.79 Å². The summed E-state index contributed by atoms with van der Waals surface area (Å²) in [6.45, 7) is 3.75. The van der Waals surface area contributed by atoms with Crippen molar-refractivity contribution in [3.63, 3.8) is 0 Å². The fourth-order valence-corrected chi connectivity index (χ4v) is 1.52. The molecule has 116 valence electrons. The van der Waals surface area contributed by atoms with Gasteiger partial charge in [0.25, 0.3) is 0 Å². The van der Waals surface area contributed by atoms with Crippen molar-refractivity contribution < 1.29 is 29.0 Å². The van der Waals surface area contributed by atoms with Gasteiger partial charge in [-0.25, -0.2) is 9.59 Å². The minimum absolute atomic E-state index is 0.0415. The van der Waals surface area contributed by atoms with Gasteiger partial charge in [0.15, 0.2) is 0 Å². The summed E-state index contributed by atoms with van der Waals surface area (Å²) in [5.74, 6) is -1.74. The van der Waals surface area contributed by atoms with Crippen LogP contribution < -0.4 is 10.6 Å². The summed E-state index contributed by atoms with van der Waals surface area (Å²) < 4.78 is 9.35. The van der Waals surface area contributed by atoms with Gasteiger partial charge in [-0.2, -0.15) is 0 Å². The van der Waals surface area contributed by atoms with Gasteiger partial charge in [-0.05, 0) is 20.3 Å². The van der Waals surface area contributed by atoms with Crippen molar-refractivity contribution in [2.24, 2.45) is 0 Å². The highest BCUT2D eigenvalue weighted by molar-refractivity contribution is 5.83. The Balaban J connectivity index is 4.41. The SMILES string of the molecule is COCC(C)(C)NC(=O)N[C@@H](CCC(=O)OC)C(=O)O. The zero-order chi connectivity index (χ0) is 15.8. The van der Waals surface area contributed by atoms with E-state index in [2.05, 4.69) is 15.4 Å². The first kappa shape index (κ1) is 18.2. The molecule has 2 amide bonds. The lowest BCUT2D eigenvalue weighted by Gasteiger charge is -2.26. The molecule has 0 fully saturated rings. The first-order chi connectivity index (χ1) is 9.21. The lowest BCUT2D eigenvalue weighted by molar-refractivity contribution is -0.142. The summed E-state index contributed by atoms with van der Waals surface area (Å²) in [6.07, 6.45) is -0.130. The Labute approximate surface area is 117 Å². The second kappa shape index (κ2) is 8.36. The van der Waals surface area contributed by atoms with Gasteiger partial charge in [0.2, 0.25) is 0 Å². The maximum absolute atomic E-state index is 11.7. The Morgan fingerprint density at radius 3 is 2.30 bits per heavy atom. The molecule has 20 heavy (non-hydrogen) atoms. The molecule has 0 aromatic carbocycles. The van der Waals surface area contributed by atoms with Crippen molar-refractivity contribution in [2.45, 2.75) is 38.3 Å². The monoisotopic (exact) mass is 290 g/mol. The minimum atomic E-state index is -1.21. The van der Waals surface area contributed by atoms with E-state index in [4.69, 9.17) is 9.84 Å². The van der Waals surface area contributed by atoms with Crippen molar-refractivity contribution in [3.8, 4) is 0 Å². The van der Waals surface area contributed by atoms with Gasteiger partial charge in [0.05, 0.1) is 19.3 Å². The van der Waals surface area contributed by atoms with E-state index in [-0.39, 0.29) is 19.4 Å². The number of aliphatic carboxylic acids is 1. The lowest BCUT2D eigenvalue weighted by atomic mass is 10.1. The number of carbonyl (C=O) groups excluding carboxylic acids is 2. The number of rotatable bonds is 8. The summed E-state index contributed by atoms with van der Waals surface area (Å²) in [7, 11) is 2.71. The van der Waals surface area contributed by atoms with E-state index in [1.165, 1.54) is 14.2 Å². The molecule has 0 aliphatic heterocycles. The van der Waals surface area contributed by atoms with E-state index in [1.807, 2.05) is 0 Å². The third-order valence-electron chi connectivity index (χ3n) is 2.43.